The number of nitrogens with zero attached hydrogens (tertiary/aromatic N) is 1. The van der Waals surface area contributed by atoms with Crippen LogP contribution in [0.4, 0.5) is 13.2 Å². The maximum Gasteiger partial charge on any atom is 0.522 e. The molecule has 0 saturated carbocycles. The van der Waals surface area contributed by atoms with Gasteiger partial charge in [0.25, 0.3) is 0 Å². The Morgan fingerprint density at radius 3 is 2.17 bits per heavy atom. The van der Waals surface area contributed by atoms with Crippen LogP contribution in [-0.2, 0) is 4.74 Å². The molecular weight excluding hydrogens is 173 g/mol. The zero-order valence-corrected chi connectivity index (χ0v) is 6.47. The molecule has 12 heavy (non-hydrogen) atoms. The van der Waals surface area contributed by atoms with E-state index in [1.54, 1.807) is 0 Å². The monoisotopic (exact) mass is 184 g/mol. The van der Waals surface area contributed by atoms with Crippen molar-refractivity contribution < 1.29 is 17.9 Å². The van der Waals surface area contributed by atoms with Crippen LogP contribution in [-0.4, -0.2) is 30.6 Å². The van der Waals surface area contributed by atoms with Gasteiger partial charge in [0, 0.05) is 13.1 Å². The fraction of sp³-hybridized carbons (Fsp3) is 1.00. The Balaban J connectivity index is 2.26. The number of alkyl halides is 3. The van der Waals surface area contributed by atoms with Gasteiger partial charge in [0.05, 0.1) is 6.10 Å². The third-order valence-corrected chi connectivity index (χ3v) is 1.78. The first-order valence-corrected chi connectivity index (χ1v) is 3.71. The van der Waals surface area contributed by atoms with Crippen molar-refractivity contribution >= 4 is 0 Å². The van der Waals surface area contributed by atoms with Gasteiger partial charge in [0.15, 0.2) is 0 Å². The van der Waals surface area contributed by atoms with Crippen LogP contribution >= 0.6 is 0 Å². The minimum absolute atomic E-state index is 0.343. The molecule has 1 heterocycles. The third kappa shape index (κ3) is 3.38. The second-order valence-electron chi connectivity index (χ2n) is 2.80. The first-order chi connectivity index (χ1) is 5.47. The maximum absolute atomic E-state index is 11.7. The minimum Gasteiger partial charge on any atom is -0.288 e. The van der Waals surface area contributed by atoms with Gasteiger partial charge >= 0.3 is 6.36 Å². The van der Waals surface area contributed by atoms with Crippen molar-refractivity contribution in [3.05, 3.63) is 0 Å². The number of piperidine rings is 1. The highest BCUT2D eigenvalue weighted by molar-refractivity contribution is 4.68. The molecule has 0 aliphatic carbocycles. The predicted octanol–water partition coefficient (Wildman–Crippen LogP) is 0.861. The van der Waals surface area contributed by atoms with Crippen molar-refractivity contribution in [2.24, 2.45) is 5.84 Å². The molecule has 1 aliphatic heterocycles. The number of hydrazine groups is 1. The topological polar surface area (TPSA) is 38.5 Å². The molecule has 0 aromatic rings. The largest absolute Gasteiger partial charge is 0.522 e. The van der Waals surface area contributed by atoms with Crippen LogP contribution in [0.1, 0.15) is 12.8 Å². The molecule has 1 aliphatic rings. The van der Waals surface area contributed by atoms with E-state index in [1.165, 1.54) is 5.01 Å². The molecule has 1 rings (SSSR count). The van der Waals surface area contributed by atoms with Gasteiger partial charge in [-0.15, -0.1) is 13.2 Å². The maximum atomic E-state index is 11.7. The van der Waals surface area contributed by atoms with Crippen LogP contribution in [0.25, 0.3) is 0 Å². The number of hydrogen-bond donors (Lipinski definition) is 1. The van der Waals surface area contributed by atoms with Gasteiger partial charge < -0.3 is 0 Å². The Kier molecular flexibility index (Phi) is 2.92. The van der Waals surface area contributed by atoms with E-state index in [4.69, 9.17) is 5.84 Å². The average molecular weight is 184 g/mol. The van der Waals surface area contributed by atoms with Crippen LogP contribution in [0.2, 0.25) is 0 Å². The van der Waals surface area contributed by atoms with Crippen molar-refractivity contribution in [2.75, 3.05) is 13.1 Å². The summed E-state index contributed by atoms with van der Waals surface area (Å²) in [5.74, 6) is 5.36. The smallest absolute Gasteiger partial charge is 0.288 e. The van der Waals surface area contributed by atoms with E-state index in [2.05, 4.69) is 4.74 Å². The van der Waals surface area contributed by atoms with E-state index in [0.717, 1.165) is 0 Å². The first kappa shape index (κ1) is 9.76. The summed E-state index contributed by atoms with van der Waals surface area (Å²) >= 11 is 0. The van der Waals surface area contributed by atoms with Crippen LogP contribution in [0.3, 0.4) is 0 Å². The van der Waals surface area contributed by atoms with Crippen LogP contribution in [0.5, 0.6) is 0 Å². The molecule has 0 aromatic heterocycles. The molecule has 0 aromatic carbocycles. The van der Waals surface area contributed by atoms with Gasteiger partial charge in [-0.2, -0.15) is 0 Å². The second kappa shape index (κ2) is 3.59. The molecule has 3 nitrogen and oxygen atoms in total. The summed E-state index contributed by atoms with van der Waals surface area (Å²) in [7, 11) is 0. The van der Waals surface area contributed by atoms with Gasteiger partial charge in [-0.25, -0.2) is 5.01 Å². The lowest BCUT2D eigenvalue weighted by Gasteiger charge is -2.28. The molecule has 0 bridgehead atoms. The third-order valence-electron chi connectivity index (χ3n) is 1.78. The molecule has 0 unspecified atom stereocenters. The van der Waals surface area contributed by atoms with Crippen LogP contribution < -0.4 is 5.84 Å². The van der Waals surface area contributed by atoms with Crippen molar-refractivity contribution in [2.45, 2.75) is 25.3 Å². The predicted molar refractivity (Wildman–Crippen MR) is 35.9 cm³/mol. The van der Waals surface area contributed by atoms with E-state index in [9.17, 15) is 13.2 Å². The summed E-state index contributed by atoms with van der Waals surface area (Å²) in [4.78, 5) is 0. The van der Waals surface area contributed by atoms with Crippen molar-refractivity contribution in [1.29, 1.82) is 0 Å². The SMILES string of the molecule is NN1CCC(OC(F)(F)F)CC1. The van der Waals surface area contributed by atoms with E-state index in [1.807, 2.05) is 0 Å². The minimum atomic E-state index is -4.51. The highest BCUT2D eigenvalue weighted by atomic mass is 19.4. The molecule has 0 spiro atoms. The Hall–Kier alpha value is -0.330. The van der Waals surface area contributed by atoms with Gasteiger partial charge in [0.2, 0.25) is 0 Å². The lowest BCUT2D eigenvalue weighted by atomic mass is 10.1. The molecular formula is C6H11F3N2O. The molecule has 1 fully saturated rings. The zero-order chi connectivity index (χ0) is 9.19. The highest BCUT2D eigenvalue weighted by Crippen LogP contribution is 2.23. The summed E-state index contributed by atoms with van der Waals surface area (Å²) in [6.45, 7) is 0.918. The number of ether oxygens (including phenoxy) is 1. The summed E-state index contributed by atoms with van der Waals surface area (Å²) in [5.41, 5.74) is 0. The Bertz CT molecular complexity index is 142. The Morgan fingerprint density at radius 1 is 1.25 bits per heavy atom. The van der Waals surface area contributed by atoms with E-state index in [0.29, 0.717) is 25.9 Å². The number of rotatable bonds is 1. The molecule has 6 heteroatoms. The fourth-order valence-corrected chi connectivity index (χ4v) is 1.18. The zero-order valence-electron chi connectivity index (χ0n) is 6.47. The second-order valence-corrected chi connectivity index (χ2v) is 2.80. The molecule has 1 saturated heterocycles. The highest BCUT2D eigenvalue weighted by Gasteiger charge is 2.34. The standard InChI is InChI=1S/C6H11F3N2O/c7-6(8,9)12-5-1-3-11(10)4-2-5/h5H,1-4,10H2. The Morgan fingerprint density at radius 2 is 1.75 bits per heavy atom. The van der Waals surface area contributed by atoms with Crippen molar-refractivity contribution in [3.8, 4) is 0 Å². The van der Waals surface area contributed by atoms with Crippen molar-refractivity contribution in [3.63, 3.8) is 0 Å². The lowest BCUT2D eigenvalue weighted by molar-refractivity contribution is -0.345. The van der Waals surface area contributed by atoms with Crippen LogP contribution in [0.15, 0.2) is 0 Å². The quantitative estimate of drug-likeness (QED) is 0.614. The molecule has 2 N–H and O–H groups in total. The summed E-state index contributed by atoms with van der Waals surface area (Å²) < 4.78 is 38.9. The summed E-state index contributed by atoms with van der Waals surface area (Å²) in [6, 6.07) is 0. The van der Waals surface area contributed by atoms with Gasteiger partial charge in [0.1, 0.15) is 0 Å². The van der Waals surface area contributed by atoms with Crippen LogP contribution in [0, 0.1) is 0 Å². The number of hydrogen-bond acceptors (Lipinski definition) is 3. The number of halogens is 3. The van der Waals surface area contributed by atoms with Gasteiger partial charge in [-0.3, -0.25) is 10.6 Å². The number of nitrogens with two attached hydrogens (primary N) is 1. The lowest BCUT2D eigenvalue weighted by Crippen LogP contribution is -2.42. The summed E-state index contributed by atoms with van der Waals surface area (Å²) in [6.07, 6.45) is -4.54. The first-order valence-electron chi connectivity index (χ1n) is 3.71. The van der Waals surface area contributed by atoms with Gasteiger partial charge in [-0.05, 0) is 12.8 Å². The molecule has 72 valence electrons. The molecule has 0 atom stereocenters. The van der Waals surface area contributed by atoms with E-state index in [-0.39, 0.29) is 0 Å². The normalized spacial score (nSPS) is 23.0. The average Bonchev–Trinajstić information content (AvgIpc) is 1.91. The molecule has 0 radical (unpaired) electrons. The van der Waals surface area contributed by atoms with Crippen molar-refractivity contribution in [1.82, 2.24) is 5.01 Å². The summed E-state index contributed by atoms with van der Waals surface area (Å²) in [5, 5.41) is 1.50. The van der Waals surface area contributed by atoms with Gasteiger partial charge in [-0.1, -0.05) is 0 Å². The van der Waals surface area contributed by atoms with E-state index < -0.39 is 12.5 Å². The van der Waals surface area contributed by atoms with E-state index >= 15 is 0 Å². The Labute approximate surface area is 68.2 Å². The fourth-order valence-electron chi connectivity index (χ4n) is 1.18. The molecule has 0 amide bonds.